The molecule has 1 aromatic carbocycles. The summed E-state index contributed by atoms with van der Waals surface area (Å²) in [6, 6.07) is 15.2. The lowest BCUT2D eigenvalue weighted by Gasteiger charge is -2.01. The van der Waals surface area contributed by atoms with Crippen LogP contribution < -0.4 is 10.9 Å². The monoisotopic (exact) mass is 400 g/mol. The molecule has 0 spiro atoms. The number of pyridine rings is 2. The van der Waals surface area contributed by atoms with E-state index in [0.717, 1.165) is 16.7 Å². The summed E-state index contributed by atoms with van der Waals surface area (Å²) >= 11 is 1.44. The summed E-state index contributed by atoms with van der Waals surface area (Å²) in [7, 11) is 0. The van der Waals surface area contributed by atoms with Gasteiger partial charge < -0.3 is 10.3 Å². The summed E-state index contributed by atoms with van der Waals surface area (Å²) in [5.41, 5.74) is 1.90. The van der Waals surface area contributed by atoms with E-state index in [0.29, 0.717) is 16.4 Å². The zero-order valence-corrected chi connectivity index (χ0v) is 14.9. The van der Waals surface area contributed by atoms with E-state index in [-0.39, 0.29) is 22.5 Å². The van der Waals surface area contributed by atoms with Crippen LogP contribution in [0.25, 0.3) is 22.2 Å². The molecule has 0 fully saturated rings. The Morgan fingerprint density at radius 3 is 2.75 bits per heavy atom. The van der Waals surface area contributed by atoms with Crippen LogP contribution in [0.2, 0.25) is 0 Å². The number of nitrogens with zero attached hydrogens (tertiary/aromatic N) is 2. The van der Waals surface area contributed by atoms with Gasteiger partial charge in [0.1, 0.15) is 5.82 Å². The Bertz CT molecular complexity index is 1030. The molecule has 0 saturated heterocycles. The van der Waals surface area contributed by atoms with Crippen LogP contribution in [0.4, 0.5) is 10.9 Å². The van der Waals surface area contributed by atoms with Gasteiger partial charge in [-0.15, -0.1) is 28.3 Å². The molecule has 4 rings (SSSR count). The fourth-order valence-corrected chi connectivity index (χ4v) is 3.06. The van der Waals surface area contributed by atoms with Crippen LogP contribution in [0.1, 0.15) is 0 Å². The highest BCUT2D eigenvalue weighted by atomic mass is 79.9. The van der Waals surface area contributed by atoms with Crippen molar-refractivity contribution < 1.29 is 0 Å². The standard InChI is InChI=1S/C17H12N4OS.BrH/c22-16-12(9-11-5-1-2-6-13(11)19-16)14-10-23-17(20-14)21-15-7-3-4-8-18-15;/h1-10H,(H,19,22)(H,18,20,21);1H. The molecular formula is C17H13BrN4OS. The van der Waals surface area contributed by atoms with Crippen molar-refractivity contribution >= 4 is 50.2 Å². The van der Waals surface area contributed by atoms with Gasteiger partial charge in [0, 0.05) is 17.1 Å². The summed E-state index contributed by atoms with van der Waals surface area (Å²) in [5.74, 6) is 0.723. The Balaban J connectivity index is 0.00000169. The minimum absolute atomic E-state index is 0. The van der Waals surface area contributed by atoms with Crippen LogP contribution in [0.3, 0.4) is 0 Å². The zero-order valence-electron chi connectivity index (χ0n) is 12.4. The highest BCUT2D eigenvalue weighted by Crippen LogP contribution is 2.26. The summed E-state index contributed by atoms with van der Waals surface area (Å²) in [5, 5.41) is 6.68. The molecule has 7 heteroatoms. The molecular weight excluding hydrogens is 388 g/mol. The number of aromatic amines is 1. The Hall–Kier alpha value is -2.51. The first-order valence-corrected chi connectivity index (χ1v) is 7.93. The molecule has 120 valence electrons. The largest absolute Gasteiger partial charge is 0.321 e. The van der Waals surface area contributed by atoms with Crippen LogP contribution in [0.5, 0.6) is 0 Å². The van der Waals surface area contributed by atoms with E-state index in [1.54, 1.807) is 6.20 Å². The molecule has 0 bridgehead atoms. The number of thiazole rings is 1. The summed E-state index contributed by atoms with van der Waals surface area (Å²) < 4.78 is 0. The first kappa shape index (κ1) is 16.4. The molecule has 0 unspecified atom stereocenters. The number of aromatic nitrogens is 3. The molecule has 5 nitrogen and oxygen atoms in total. The molecule has 3 aromatic heterocycles. The molecule has 3 heterocycles. The summed E-state index contributed by atoms with van der Waals surface area (Å²) in [4.78, 5) is 23.9. The molecule has 2 N–H and O–H groups in total. The zero-order chi connectivity index (χ0) is 15.6. The SMILES string of the molecule is Br.O=c1[nH]c2ccccc2cc1-c1csc(Nc2ccccn2)n1. The van der Waals surface area contributed by atoms with Crippen molar-refractivity contribution in [3.8, 4) is 11.3 Å². The van der Waals surface area contributed by atoms with Crippen LogP contribution in [-0.4, -0.2) is 15.0 Å². The Morgan fingerprint density at radius 1 is 1.08 bits per heavy atom. The second-order valence-corrected chi connectivity index (χ2v) is 5.84. The van der Waals surface area contributed by atoms with Crippen molar-refractivity contribution in [2.45, 2.75) is 0 Å². The molecule has 0 amide bonds. The van der Waals surface area contributed by atoms with E-state index >= 15 is 0 Å². The first-order valence-electron chi connectivity index (χ1n) is 7.06. The van der Waals surface area contributed by atoms with E-state index in [1.165, 1.54) is 11.3 Å². The smallest absolute Gasteiger partial charge is 0.257 e. The summed E-state index contributed by atoms with van der Waals surface area (Å²) in [6.07, 6.45) is 1.71. The second-order valence-electron chi connectivity index (χ2n) is 4.98. The number of para-hydroxylation sites is 1. The molecule has 0 aliphatic carbocycles. The Morgan fingerprint density at radius 2 is 1.92 bits per heavy atom. The number of H-pyrrole nitrogens is 1. The predicted molar refractivity (Wildman–Crippen MR) is 104 cm³/mol. The van der Waals surface area contributed by atoms with E-state index in [4.69, 9.17) is 0 Å². The van der Waals surface area contributed by atoms with Gasteiger partial charge in [0.05, 0.1) is 11.3 Å². The predicted octanol–water partition coefficient (Wildman–Crippen LogP) is 4.37. The van der Waals surface area contributed by atoms with E-state index in [9.17, 15) is 4.79 Å². The lowest BCUT2D eigenvalue weighted by molar-refractivity contribution is 1.27. The van der Waals surface area contributed by atoms with Gasteiger partial charge in [0.2, 0.25) is 0 Å². The van der Waals surface area contributed by atoms with Crippen molar-refractivity contribution in [2.24, 2.45) is 0 Å². The number of rotatable bonds is 3. The van der Waals surface area contributed by atoms with Gasteiger partial charge in [-0.1, -0.05) is 24.3 Å². The van der Waals surface area contributed by atoms with Gasteiger partial charge in [-0.05, 0) is 29.7 Å². The highest BCUT2D eigenvalue weighted by molar-refractivity contribution is 8.93. The van der Waals surface area contributed by atoms with E-state index in [2.05, 4.69) is 20.3 Å². The van der Waals surface area contributed by atoms with Crippen LogP contribution in [0.15, 0.2) is 64.9 Å². The van der Waals surface area contributed by atoms with E-state index < -0.39 is 0 Å². The quantitative estimate of drug-likeness (QED) is 0.535. The fraction of sp³-hybridized carbons (Fsp3) is 0. The van der Waals surface area contributed by atoms with Crippen LogP contribution >= 0.6 is 28.3 Å². The number of hydrogen-bond acceptors (Lipinski definition) is 5. The summed E-state index contributed by atoms with van der Waals surface area (Å²) in [6.45, 7) is 0. The third-order valence-electron chi connectivity index (χ3n) is 3.43. The maximum absolute atomic E-state index is 12.3. The highest BCUT2D eigenvalue weighted by Gasteiger charge is 2.10. The van der Waals surface area contributed by atoms with Crippen LogP contribution in [-0.2, 0) is 0 Å². The number of halogens is 1. The minimum atomic E-state index is -0.140. The molecule has 0 aliphatic rings. The molecule has 0 saturated carbocycles. The first-order chi connectivity index (χ1) is 11.3. The van der Waals surface area contributed by atoms with Crippen molar-refractivity contribution in [1.29, 1.82) is 0 Å². The van der Waals surface area contributed by atoms with Gasteiger partial charge in [-0.2, -0.15) is 0 Å². The number of anilines is 2. The number of nitrogens with one attached hydrogen (secondary N) is 2. The Labute approximate surface area is 152 Å². The second kappa shape index (κ2) is 6.94. The molecule has 0 atom stereocenters. The van der Waals surface area contributed by atoms with Gasteiger partial charge in [0.25, 0.3) is 5.56 Å². The lowest BCUT2D eigenvalue weighted by atomic mass is 10.1. The van der Waals surface area contributed by atoms with Crippen molar-refractivity contribution in [1.82, 2.24) is 15.0 Å². The topological polar surface area (TPSA) is 70.7 Å². The molecule has 24 heavy (non-hydrogen) atoms. The normalized spacial score (nSPS) is 10.3. The van der Waals surface area contributed by atoms with Crippen molar-refractivity contribution in [2.75, 3.05) is 5.32 Å². The fourth-order valence-electron chi connectivity index (χ4n) is 2.34. The van der Waals surface area contributed by atoms with Gasteiger partial charge in [-0.25, -0.2) is 9.97 Å². The maximum atomic E-state index is 12.3. The van der Waals surface area contributed by atoms with Gasteiger partial charge >= 0.3 is 0 Å². The minimum Gasteiger partial charge on any atom is -0.321 e. The van der Waals surface area contributed by atoms with Gasteiger partial charge in [0.15, 0.2) is 5.13 Å². The van der Waals surface area contributed by atoms with Crippen molar-refractivity contribution in [3.05, 3.63) is 70.5 Å². The number of benzene rings is 1. The third kappa shape index (κ3) is 3.22. The average molecular weight is 401 g/mol. The average Bonchev–Trinajstić information content (AvgIpc) is 3.03. The van der Waals surface area contributed by atoms with Crippen molar-refractivity contribution in [3.63, 3.8) is 0 Å². The van der Waals surface area contributed by atoms with Gasteiger partial charge in [-0.3, -0.25) is 4.79 Å². The maximum Gasteiger partial charge on any atom is 0.257 e. The number of fused-ring (bicyclic) bond motifs is 1. The van der Waals surface area contributed by atoms with Crippen LogP contribution in [0, 0.1) is 0 Å². The molecule has 0 aliphatic heterocycles. The molecule has 0 radical (unpaired) electrons. The number of hydrogen-bond donors (Lipinski definition) is 2. The lowest BCUT2D eigenvalue weighted by Crippen LogP contribution is -2.08. The van der Waals surface area contributed by atoms with E-state index in [1.807, 2.05) is 53.9 Å². The third-order valence-corrected chi connectivity index (χ3v) is 4.19. The molecule has 4 aromatic rings. The Kier molecular flexibility index (Phi) is 4.73.